The predicted octanol–water partition coefficient (Wildman–Crippen LogP) is 2.98. The zero-order chi connectivity index (χ0) is 16.1. The first-order valence-corrected chi connectivity index (χ1v) is 8.05. The van der Waals surface area contributed by atoms with Crippen LogP contribution in [0, 0.1) is 5.82 Å². The molecule has 1 amide bonds. The van der Waals surface area contributed by atoms with Crippen LogP contribution in [0.15, 0.2) is 54.6 Å². The van der Waals surface area contributed by atoms with Crippen LogP contribution in [-0.4, -0.2) is 18.5 Å². The van der Waals surface area contributed by atoms with Crippen LogP contribution < -0.4 is 10.6 Å². The van der Waals surface area contributed by atoms with Crippen LogP contribution >= 0.6 is 0 Å². The van der Waals surface area contributed by atoms with Gasteiger partial charge in [-0.1, -0.05) is 42.5 Å². The number of carbonyl (C=O) groups excluding carboxylic acids is 1. The van der Waals surface area contributed by atoms with E-state index in [4.69, 9.17) is 0 Å². The summed E-state index contributed by atoms with van der Waals surface area (Å²) in [5.74, 6) is -0.216. The van der Waals surface area contributed by atoms with Crippen molar-refractivity contribution >= 4 is 5.91 Å². The molecular weight excluding hydrogens is 291 g/mol. The van der Waals surface area contributed by atoms with E-state index in [0.717, 1.165) is 24.0 Å². The lowest BCUT2D eigenvalue weighted by molar-refractivity contribution is -0.123. The molecule has 0 aromatic heterocycles. The third kappa shape index (κ3) is 4.63. The van der Waals surface area contributed by atoms with Crippen molar-refractivity contribution in [3.05, 3.63) is 71.5 Å². The largest absolute Gasteiger partial charge is 0.352 e. The highest BCUT2D eigenvalue weighted by Crippen LogP contribution is 2.21. The van der Waals surface area contributed by atoms with Gasteiger partial charge in [-0.2, -0.15) is 0 Å². The molecule has 0 spiro atoms. The van der Waals surface area contributed by atoms with Gasteiger partial charge in [-0.05, 0) is 42.5 Å². The lowest BCUT2D eigenvalue weighted by Gasteiger charge is -2.19. The number of benzene rings is 2. The fourth-order valence-corrected chi connectivity index (χ4v) is 2.57. The second kappa shape index (κ2) is 7.38. The van der Waals surface area contributed by atoms with Gasteiger partial charge in [0.15, 0.2) is 0 Å². The topological polar surface area (TPSA) is 41.1 Å². The average molecular weight is 312 g/mol. The minimum atomic E-state index is -0.370. The lowest BCUT2D eigenvalue weighted by atomic mass is 10.1. The summed E-state index contributed by atoms with van der Waals surface area (Å²) < 4.78 is 13.2. The molecule has 1 aliphatic carbocycles. The van der Waals surface area contributed by atoms with Gasteiger partial charge in [0.2, 0.25) is 5.91 Å². The van der Waals surface area contributed by atoms with Gasteiger partial charge in [0.1, 0.15) is 11.9 Å². The Bertz CT molecular complexity index is 655. The zero-order valence-corrected chi connectivity index (χ0v) is 13.0. The maximum Gasteiger partial charge on any atom is 0.241 e. The molecule has 1 atom stereocenters. The number of amides is 1. The van der Waals surface area contributed by atoms with E-state index in [2.05, 4.69) is 10.6 Å². The fraction of sp³-hybridized carbons (Fsp3) is 0.316. The molecule has 0 bridgehead atoms. The van der Waals surface area contributed by atoms with Crippen LogP contribution in [0.5, 0.6) is 0 Å². The molecule has 3 rings (SSSR count). The molecule has 1 unspecified atom stereocenters. The summed E-state index contributed by atoms with van der Waals surface area (Å²) in [7, 11) is 0. The first-order valence-electron chi connectivity index (χ1n) is 8.05. The molecule has 2 aromatic rings. The molecule has 0 saturated heterocycles. The predicted molar refractivity (Wildman–Crippen MR) is 88.5 cm³/mol. The number of hydrogen-bond donors (Lipinski definition) is 2. The Labute approximate surface area is 135 Å². The molecule has 3 nitrogen and oxygen atoms in total. The van der Waals surface area contributed by atoms with Crippen LogP contribution in [0.4, 0.5) is 4.39 Å². The monoisotopic (exact) mass is 312 g/mol. The van der Waals surface area contributed by atoms with Gasteiger partial charge < -0.3 is 10.6 Å². The molecule has 0 radical (unpaired) electrons. The normalized spacial score (nSPS) is 15.2. The van der Waals surface area contributed by atoms with Crippen LogP contribution in [0.2, 0.25) is 0 Å². The van der Waals surface area contributed by atoms with Crippen molar-refractivity contribution in [2.24, 2.45) is 0 Å². The van der Waals surface area contributed by atoms with Crippen molar-refractivity contribution in [2.75, 3.05) is 6.54 Å². The number of nitrogens with one attached hydrogen (secondary N) is 2. The number of carbonyl (C=O) groups is 1. The van der Waals surface area contributed by atoms with E-state index in [1.807, 2.05) is 36.4 Å². The Morgan fingerprint density at radius 2 is 1.91 bits per heavy atom. The van der Waals surface area contributed by atoms with Crippen molar-refractivity contribution in [3.8, 4) is 0 Å². The Hall–Kier alpha value is -2.20. The summed E-state index contributed by atoms with van der Waals surface area (Å²) in [6.45, 7) is 0.612. The third-order valence-corrected chi connectivity index (χ3v) is 3.97. The minimum absolute atomic E-state index is 0.0120. The molecule has 2 N–H and O–H groups in total. The first kappa shape index (κ1) is 15.7. The van der Waals surface area contributed by atoms with Gasteiger partial charge in [0.05, 0.1) is 0 Å². The Kier molecular flexibility index (Phi) is 5.03. The van der Waals surface area contributed by atoms with Gasteiger partial charge in [-0.25, -0.2) is 4.39 Å². The van der Waals surface area contributed by atoms with E-state index in [1.54, 1.807) is 6.07 Å². The summed E-state index contributed by atoms with van der Waals surface area (Å²) in [6.07, 6.45) is 2.81. The highest BCUT2D eigenvalue weighted by atomic mass is 19.1. The number of halogens is 1. The number of rotatable bonds is 7. The van der Waals surface area contributed by atoms with Crippen molar-refractivity contribution in [1.82, 2.24) is 10.6 Å². The van der Waals surface area contributed by atoms with Crippen molar-refractivity contribution in [1.29, 1.82) is 0 Å². The van der Waals surface area contributed by atoms with Crippen molar-refractivity contribution < 1.29 is 9.18 Å². The smallest absolute Gasteiger partial charge is 0.241 e. The molecule has 120 valence electrons. The Balaban J connectivity index is 1.62. The molecule has 2 aromatic carbocycles. The number of hydrogen-bond acceptors (Lipinski definition) is 2. The third-order valence-electron chi connectivity index (χ3n) is 3.97. The quantitative estimate of drug-likeness (QED) is 0.825. The molecule has 0 heterocycles. The summed E-state index contributed by atoms with van der Waals surface area (Å²) in [6, 6.07) is 16.2. The molecule has 4 heteroatoms. The van der Waals surface area contributed by atoms with E-state index < -0.39 is 0 Å². The Morgan fingerprint density at radius 1 is 1.13 bits per heavy atom. The summed E-state index contributed by atoms with van der Waals surface area (Å²) in [5, 5.41) is 6.35. The summed E-state index contributed by atoms with van der Waals surface area (Å²) >= 11 is 0. The molecule has 1 fully saturated rings. The summed E-state index contributed by atoms with van der Waals surface area (Å²) in [4.78, 5) is 12.5. The average Bonchev–Trinajstić information content (AvgIpc) is 3.36. The van der Waals surface area contributed by atoms with Gasteiger partial charge in [-0.15, -0.1) is 0 Å². The van der Waals surface area contributed by atoms with Gasteiger partial charge >= 0.3 is 0 Å². The van der Waals surface area contributed by atoms with Gasteiger partial charge in [0.25, 0.3) is 0 Å². The van der Waals surface area contributed by atoms with E-state index in [-0.39, 0.29) is 17.8 Å². The van der Waals surface area contributed by atoms with Crippen molar-refractivity contribution in [3.63, 3.8) is 0 Å². The minimum Gasteiger partial charge on any atom is -0.352 e. The molecular formula is C19H21FN2O. The highest BCUT2D eigenvalue weighted by Gasteiger charge is 2.27. The lowest BCUT2D eigenvalue weighted by Crippen LogP contribution is -2.39. The maximum atomic E-state index is 13.2. The van der Waals surface area contributed by atoms with Crippen molar-refractivity contribution in [2.45, 2.75) is 31.3 Å². The van der Waals surface area contributed by atoms with E-state index in [1.165, 1.54) is 12.1 Å². The van der Waals surface area contributed by atoms with Crippen LogP contribution in [0.25, 0.3) is 0 Å². The van der Waals surface area contributed by atoms with Gasteiger partial charge in [-0.3, -0.25) is 4.79 Å². The molecule has 1 aliphatic rings. The van der Waals surface area contributed by atoms with Crippen LogP contribution in [0.1, 0.15) is 30.0 Å². The zero-order valence-electron chi connectivity index (χ0n) is 13.0. The molecule has 23 heavy (non-hydrogen) atoms. The molecule has 1 saturated carbocycles. The van der Waals surface area contributed by atoms with E-state index in [9.17, 15) is 9.18 Å². The first-order chi connectivity index (χ1) is 11.2. The van der Waals surface area contributed by atoms with Gasteiger partial charge in [0, 0.05) is 12.6 Å². The molecule has 0 aliphatic heterocycles. The Morgan fingerprint density at radius 3 is 2.61 bits per heavy atom. The highest BCUT2D eigenvalue weighted by molar-refractivity contribution is 5.83. The second-order valence-corrected chi connectivity index (χ2v) is 5.96. The van der Waals surface area contributed by atoms with E-state index >= 15 is 0 Å². The second-order valence-electron chi connectivity index (χ2n) is 5.96. The van der Waals surface area contributed by atoms with E-state index in [0.29, 0.717) is 19.0 Å². The summed E-state index contributed by atoms with van der Waals surface area (Å²) in [5.41, 5.74) is 1.87. The SMILES string of the molecule is O=C(NC1CC1)C(NCCc1cccc(F)c1)c1ccccc1. The fourth-order valence-electron chi connectivity index (χ4n) is 2.57. The van der Waals surface area contributed by atoms with Crippen LogP contribution in [0.3, 0.4) is 0 Å². The maximum absolute atomic E-state index is 13.2. The standard InChI is InChI=1S/C19H21FN2O/c20-16-8-4-5-14(13-16)11-12-21-18(15-6-2-1-3-7-15)19(23)22-17-9-10-17/h1-8,13,17-18,21H,9-12H2,(H,22,23). The van der Waals surface area contributed by atoms with Crippen LogP contribution in [-0.2, 0) is 11.2 Å².